The summed E-state index contributed by atoms with van der Waals surface area (Å²) in [5.41, 5.74) is 0.657. The van der Waals surface area contributed by atoms with Gasteiger partial charge in [-0.1, -0.05) is 12.8 Å². The Labute approximate surface area is 132 Å². The van der Waals surface area contributed by atoms with Gasteiger partial charge in [0.15, 0.2) is 10.8 Å². The van der Waals surface area contributed by atoms with Crippen molar-refractivity contribution < 1.29 is 9.90 Å². The van der Waals surface area contributed by atoms with Gasteiger partial charge in [0.25, 0.3) is 5.91 Å². The number of carbonyl (C=O) groups excluding carboxylic acids is 1. The van der Waals surface area contributed by atoms with E-state index in [4.69, 9.17) is 0 Å². The summed E-state index contributed by atoms with van der Waals surface area (Å²) in [5.74, 6) is 0.670. The summed E-state index contributed by atoms with van der Waals surface area (Å²) in [6, 6.07) is 0. The van der Waals surface area contributed by atoms with Crippen LogP contribution in [0.2, 0.25) is 0 Å². The molecule has 1 fully saturated rings. The Kier molecular flexibility index (Phi) is 4.49. The molecular weight excluding hydrogens is 302 g/mol. The van der Waals surface area contributed by atoms with Crippen molar-refractivity contribution in [3.63, 3.8) is 0 Å². The fraction of sp³-hybridized carbons (Fsp3) is 0.571. The van der Waals surface area contributed by atoms with Crippen LogP contribution in [-0.2, 0) is 0 Å². The third-order valence-electron chi connectivity index (χ3n) is 4.04. The minimum Gasteiger partial charge on any atom is -0.391 e. The summed E-state index contributed by atoms with van der Waals surface area (Å²) in [4.78, 5) is 21.2. The summed E-state index contributed by atoms with van der Waals surface area (Å²) >= 11 is 1.27. The van der Waals surface area contributed by atoms with Crippen molar-refractivity contribution in [1.82, 2.24) is 25.5 Å². The highest BCUT2D eigenvalue weighted by molar-refractivity contribution is 7.17. The first kappa shape index (κ1) is 15.1. The largest absolute Gasteiger partial charge is 0.391 e. The molecule has 2 heterocycles. The molecule has 1 saturated carbocycles. The van der Waals surface area contributed by atoms with Gasteiger partial charge in [0.05, 0.1) is 11.8 Å². The predicted octanol–water partition coefficient (Wildman–Crippen LogP) is 1.52. The van der Waals surface area contributed by atoms with Crippen LogP contribution in [0.1, 0.15) is 41.0 Å². The maximum atomic E-state index is 12.3. The third-order valence-corrected chi connectivity index (χ3v) is 5.20. The molecule has 1 aliphatic carbocycles. The van der Waals surface area contributed by atoms with Crippen molar-refractivity contribution in [2.45, 2.75) is 38.7 Å². The van der Waals surface area contributed by atoms with Crippen LogP contribution in [0.15, 0.2) is 6.33 Å². The van der Waals surface area contributed by atoms with Crippen molar-refractivity contribution in [3.8, 4) is 10.8 Å². The summed E-state index contributed by atoms with van der Waals surface area (Å²) in [7, 11) is 0. The highest BCUT2D eigenvalue weighted by Gasteiger charge is 2.24. The Morgan fingerprint density at radius 2 is 2.32 bits per heavy atom. The van der Waals surface area contributed by atoms with Gasteiger partial charge in [-0.25, -0.2) is 9.97 Å². The molecule has 7 nitrogen and oxygen atoms in total. The second-order valence-electron chi connectivity index (χ2n) is 5.59. The summed E-state index contributed by atoms with van der Waals surface area (Å²) in [6.45, 7) is 2.08. The summed E-state index contributed by atoms with van der Waals surface area (Å²) < 4.78 is 0. The number of hydrogen-bond donors (Lipinski definition) is 3. The number of carbonyl (C=O) groups is 1. The van der Waals surface area contributed by atoms with E-state index in [2.05, 4.69) is 25.5 Å². The maximum Gasteiger partial charge on any atom is 0.263 e. The Bertz CT molecular complexity index is 634. The molecule has 0 aromatic carbocycles. The van der Waals surface area contributed by atoms with Gasteiger partial charge in [-0.05, 0) is 25.7 Å². The van der Waals surface area contributed by atoms with E-state index in [-0.39, 0.29) is 5.91 Å². The van der Waals surface area contributed by atoms with Crippen LogP contribution in [0.25, 0.3) is 10.8 Å². The molecule has 3 N–H and O–H groups in total. The lowest BCUT2D eigenvalue weighted by molar-refractivity contribution is 0.0843. The van der Waals surface area contributed by atoms with Crippen LogP contribution in [0, 0.1) is 12.8 Å². The number of hydrogen-bond acceptors (Lipinski definition) is 6. The van der Waals surface area contributed by atoms with Gasteiger partial charge in [0.1, 0.15) is 11.2 Å². The number of aliphatic hydroxyl groups is 1. The molecule has 0 bridgehead atoms. The zero-order chi connectivity index (χ0) is 15.5. The first-order chi connectivity index (χ1) is 10.6. The Morgan fingerprint density at radius 1 is 1.55 bits per heavy atom. The number of amides is 1. The molecule has 1 unspecified atom stereocenters. The van der Waals surface area contributed by atoms with Crippen molar-refractivity contribution in [3.05, 3.63) is 16.9 Å². The highest BCUT2D eigenvalue weighted by atomic mass is 32.1. The number of aromatic nitrogens is 4. The van der Waals surface area contributed by atoms with Crippen molar-refractivity contribution in [2.24, 2.45) is 5.92 Å². The number of H-pyrrole nitrogens is 1. The molecule has 0 spiro atoms. The standard InChI is InChI=1S/C14H19N5O2S/c1-8-11(22-14(18-8)12-16-7-17-19-12)13(21)15-6-10(20)9-4-2-3-5-9/h7,9-10,20H,2-6H2,1H3,(H,15,21)(H,16,17,19). The molecule has 3 rings (SSSR count). The van der Waals surface area contributed by atoms with E-state index in [9.17, 15) is 9.90 Å². The van der Waals surface area contributed by atoms with Crippen LogP contribution in [0.3, 0.4) is 0 Å². The van der Waals surface area contributed by atoms with Crippen LogP contribution in [0.5, 0.6) is 0 Å². The third kappa shape index (κ3) is 3.17. The summed E-state index contributed by atoms with van der Waals surface area (Å²) in [5, 5.41) is 20.1. The quantitative estimate of drug-likeness (QED) is 0.774. The minimum atomic E-state index is -0.464. The Hall–Kier alpha value is -1.80. The lowest BCUT2D eigenvalue weighted by Gasteiger charge is -2.17. The van der Waals surface area contributed by atoms with Gasteiger partial charge in [0.2, 0.25) is 0 Å². The van der Waals surface area contributed by atoms with Crippen LogP contribution < -0.4 is 5.32 Å². The number of aromatic amines is 1. The molecule has 2 aromatic rings. The average molecular weight is 321 g/mol. The van der Waals surface area contributed by atoms with Crippen molar-refractivity contribution >= 4 is 17.2 Å². The first-order valence-electron chi connectivity index (χ1n) is 7.44. The lowest BCUT2D eigenvalue weighted by Crippen LogP contribution is -2.35. The van der Waals surface area contributed by atoms with E-state index in [1.54, 1.807) is 6.92 Å². The molecule has 118 valence electrons. The van der Waals surface area contributed by atoms with Crippen molar-refractivity contribution in [1.29, 1.82) is 0 Å². The molecule has 0 radical (unpaired) electrons. The second-order valence-corrected chi connectivity index (χ2v) is 6.59. The molecule has 22 heavy (non-hydrogen) atoms. The highest BCUT2D eigenvalue weighted by Crippen LogP contribution is 2.28. The molecule has 1 atom stereocenters. The molecule has 1 amide bonds. The fourth-order valence-electron chi connectivity index (χ4n) is 2.80. The van der Waals surface area contributed by atoms with Gasteiger partial charge in [0, 0.05) is 6.54 Å². The van der Waals surface area contributed by atoms with Gasteiger partial charge in [-0.15, -0.1) is 11.3 Å². The van der Waals surface area contributed by atoms with Crippen molar-refractivity contribution in [2.75, 3.05) is 6.54 Å². The van der Waals surface area contributed by atoms with E-state index < -0.39 is 6.10 Å². The second kappa shape index (κ2) is 6.53. The maximum absolute atomic E-state index is 12.3. The zero-order valence-electron chi connectivity index (χ0n) is 12.4. The SMILES string of the molecule is Cc1nc(-c2ncn[nH]2)sc1C(=O)NCC(O)C1CCCC1. The number of nitrogens with zero attached hydrogens (tertiary/aromatic N) is 3. The van der Waals surface area contributed by atoms with E-state index in [1.807, 2.05) is 0 Å². The number of thiazole rings is 1. The fourth-order valence-corrected chi connectivity index (χ4v) is 3.73. The van der Waals surface area contributed by atoms with Crippen LogP contribution >= 0.6 is 11.3 Å². The zero-order valence-corrected chi connectivity index (χ0v) is 13.2. The van der Waals surface area contributed by atoms with Gasteiger partial charge < -0.3 is 10.4 Å². The molecular formula is C14H19N5O2S. The number of aryl methyl sites for hydroxylation is 1. The number of rotatable bonds is 5. The van der Waals surface area contributed by atoms with Gasteiger partial charge in [-0.3, -0.25) is 9.89 Å². The van der Waals surface area contributed by atoms with Crippen LogP contribution in [-0.4, -0.2) is 43.8 Å². The van der Waals surface area contributed by atoms with Gasteiger partial charge in [-0.2, -0.15) is 5.10 Å². The first-order valence-corrected chi connectivity index (χ1v) is 8.26. The molecule has 0 saturated heterocycles. The van der Waals surface area contributed by atoms with E-state index in [1.165, 1.54) is 30.5 Å². The molecule has 0 aliphatic heterocycles. The number of nitrogens with one attached hydrogen (secondary N) is 2. The van der Waals surface area contributed by atoms with E-state index >= 15 is 0 Å². The van der Waals surface area contributed by atoms with E-state index in [0.29, 0.717) is 33.9 Å². The molecule has 2 aromatic heterocycles. The predicted molar refractivity (Wildman–Crippen MR) is 82.5 cm³/mol. The van der Waals surface area contributed by atoms with Gasteiger partial charge >= 0.3 is 0 Å². The monoisotopic (exact) mass is 321 g/mol. The molecule has 8 heteroatoms. The Balaban J connectivity index is 1.62. The number of aliphatic hydroxyl groups excluding tert-OH is 1. The summed E-state index contributed by atoms with van der Waals surface area (Å²) in [6.07, 6.45) is 5.38. The Morgan fingerprint density at radius 3 is 3.00 bits per heavy atom. The minimum absolute atomic E-state index is 0.196. The topological polar surface area (TPSA) is 104 Å². The lowest BCUT2D eigenvalue weighted by atomic mass is 10.0. The average Bonchev–Trinajstić information content (AvgIpc) is 3.23. The van der Waals surface area contributed by atoms with Crippen LogP contribution in [0.4, 0.5) is 0 Å². The smallest absolute Gasteiger partial charge is 0.263 e. The molecule has 1 aliphatic rings. The van der Waals surface area contributed by atoms with E-state index in [0.717, 1.165) is 12.8 Å². The normalized spacial score (nSPS) is 16.8.